The number of anilines is 1. The van der Waals surface area contributed by atoms with Crippen LogP contribution >= 0.6 is 0 Å². The summed E-state index contributed by atoms with van der Waals surface area (Å²) < 4.78 is 12.3. The van der Waals surface area contributed by atoms with Crippen LogP contribution in [0.25, 0.3) is 11.0 Å². The number of carbonyl (C=O) groups excluding carboxylic acids is 2. The van der Waals surface area contributed by atoms with E-state index in [0.29, 0.717) is 36.0 Å². The molecule has 2 aromatic rings. The van der Waals surface area contributed by atoms with Crippen LogP contribution in [0.5, 0.6) is 0 Å². The number of benzene rings is 1. The van der Waals surface area contributed by atoms with E-state index in [1.54, 1.807) is 6.07 Å². The standard InChI is InChI=1S/C38H50N2O5/c1-37-14-11-26(41)21-25(37)7-8-27-30-9-10-32(38(30,2)15-12-31(27)37)44-22-33(42)39-16-13-23-20-34(43)45-36-28-6-4-18-40-17-3-5-24(35(28)40)19-29(23)36/h19-20,25,27,30-32H,3-18,21-22H2,1-2H3,(H,39,42)/t25-,27-,30-,31-,32-,37-,38-/m0/s1. The first-order valence-electron chi connectivity index (χ1n) is 18.0. The summed E-state index contributed by atoms with van der Waals surface area (Å²) in [7, 11) is 0. The maximum Gasteiger partial charge on any atom is 0.336 e. The number of amides is 1. The van der Waals surface area contributed by atoms with Crippen molar-refractivity contribution in [2.45, 2.75) is 110 Å². The Balaban J connectivity index is 0.896. The third-order valence-electron chi connectivity index (χ3n) is 13.8. The van der Waals surface area contributed by atoms with Gasteiger partial charge in [0.05, 0.1) is 6.10 Å². The Labute approximate surface area is 266 Å². The van der Waals surface area contributed by atoms with E-state index in [4.69, 9.17) is 9.15 Å². The molecular weight excluding hydrogens is 564 g/mol. The van der Waals surface area contributed by atoms with Crippen LogP contribution < -0.4 is 15.8 Å². The minimum atomic E-state index is -0.311. The van der Waals surface area contributed by atoms with Crippen molar-refractivity contribution in [2.75, 3.05) is 31.1 Å². The number of nitrogens with one attached hydrogen (secondary N) is 1. The molecule has 2 aliphatic heterocycles. The molecule has 0 spiro atoms. The van der Waals surface area contributed by atoms with Crippen LogP contribution in [0, 0.1) is 34.5 Å². The molecule has 1 amide bonds. The highest BCUT2D eigenvalue weighted by molar-refractivity contribution is 5.90. The van der Waals surface area contributed by atoms with Crippen molar-refractivity contribution < 1.29 is 18.7 Å². The van der Waals surface area contributed by atoms with Crippen LogP contribution in [0.1, 0.15) is 101 Å². The summed E-state index contributed by atoms with van der Waals surface area (Å²) in [5.41, 5.74) is 5.69. The zero-order chi connectivity index (χ0) is 30.9. The van der Waals surface area contributed by atoms with Gasteiger partial charge in [-0.1, -0.05) is 13.8 Å². The molecule has 7 nitrogen and oxygen atoms in total. The van der Waals surface area contributed by atoms with Crippen LogP contribution in [0.4, 0.5) is 5.69 Å². The first-order chi connectivity index (χ1) is 21.7. The average Bonchev–Trinajstić information content (AvgIpc) is 3.37. The smallest absolute Gasteiger partial charge is 0.336 e. The molecule has 7 atom stereocenters. The molecule has 3 heterocycles. The summed E-state index contributed by atoms with van der Waals surface area (Å²) in [6, 6.07) is 3.85. The molecule has 1 N–H and O–H groups in total. The van der Waals surface area contributed by atoms with Crippen molar-refractivity contribution in [1.29, 1.82) is 0 Å². The van der Waals surface area contributed by atoms with Gasteiger partial charge in [0.1, 0.15) is 18.0 Å². The number of hydrogen-bond donors (Lipinski definition) is 1. The molecule has 1 aromatic heterocycles. The largest absolute Gasteiger partial charge is 0.422 e. The fourth-order valence-corrected chi connectivity index (χ4v) is 11.6. The second-order valence-electron chi connectivity index (χ2n) is 15.9. The highest BCUT2D eigenvalue weighted by atomic mass is 16.5. The molecule has 6 aliphatic rings. The van der Waals surface area contributed by atoms with Crippen molar-refractivity contribution in [2.24, 2.45) is 34.5 Å². The maximum absolute atomic E-state index is 13.0. The molecule has 0 unspecified atom stereocenters. The Morgan fingerprint density at radius 3 is 2.67 bits per heavy atom. The highest BCUT2D eigenvalue weighted by Crippen LogP contribution is 2.66. The molecule has 1 aromatic carbocycles. The van der Waals surface area contributed by atoms with Crippen molar-refractivity contribution in [3.63, 3.8) is 0 Å². The lowest BCUT2D eigenvalue weighted by Gasteiger charge is -2.60. The van der Waals surface area contributed by atoms with E-state index in [2.05, 4.69) is 30.1 Å². The van der Waals surface area contributed by atoms with Crippen LogP contribution in [-0.2, 0) is 33.6 Å². The Hall–Kier alpha value is -2.67. The number of carbonyl (C=O) groups is 2. The molecule has 0 bridgehead atoms. The third kappa shape index (κ3) is 4.89. The Kier molecular flexibility index (Phi) is 7.42. The molecule has 4 saturated carbocycles. The molecule has 4 fully saturated rings. The quantitative estimate of drug-likeness (QED) is 0.393. The number of hydrogen-bond acceptors (Lipinski definition) is 6. The normalized spacial score (nSPS) is 35.4. The zero-order valence-electron chi connectivity index (χ0n) is 27.3. The summed E-state index contributed by atoms with van der Waals surface area (Å²) in [4.78, 5) is 40.4. The fraction of sp³-hybridized carbons (Fsp3) is 0.711. The van der Waals surface area contributed by atoms with Gasteiger partial charge in [0, 0.05) is 55.2 Å². The molecule has 0 saturated heterocycles. The topological polar surface area (TPSA) is 88.8 Å². The van der Waals surface area contributed by atoms with Gasteiger partial charge in [0.15, 0.2) is 0 Å². The van der Waals surface area contributed by atoms with Crippen LogP contribution in [-0.4, -0.2) is 44.0 Å². The van der Waals surface area contributed by atoms with Crippen LogP contribution in [0.3, 0.4) is 0 Å². The number of aryl methyl sites for hydroxylation is 2. The Bertz CT molecular complexity index is 1580. The van der Waals surface area contributed by atoms with Crippen molar-refractivity contribution in [3.05, 3.63) is 39.2 Å². The van der Waals surface area contributed by atoms with Crippen molar-refractivity contribution in [3.8, 4) is 0 Å². The maximum atomic E-state index is 13.0. The fourth-order valence-electron chi connectivity index (χ4n) is 11.6. The van der Waals surface area contributed by atoms with Crippen LogP contribution in [0.15, 0.2) is 21.3 Å². The van der Waals surface area contributed by atoms with Gasteiger partial charge in [-0.3, -0.25) is 9.59 Å². The lowest BCUT2D eigenvalue weighted by molar-refractivity contribution is -0.148. The van der Waals surface area contributed by atoms with E-state index in [0.717, 1.165) is 99.2 Å². The molecule has 8 rings (SSSR count). The molecule has 45 heavy (non-hydrogen) atoms. The van der Waals surface area contributed by atoms with Gasteiger partial charge in [-0.2, -0.15) is 0 Å². The minimum Gasteiger partial charge on any atom is -0.422 e. The summed E-state index contributed by atoms with van der Waals surface area (Å²) in [5, 5.41) is 4.11. The van der Waals surface area contributed by atoms with Gasteiger partial charge in [0.25, 0.3) is 0 Å². The first kappa shape index (κ1) is 29.7. The molecular formula is C38H50N2O5. The average molecular weight is 615 g/mol. The summed E-state index contributed by atoms with van der Waals surface area (Å²) in [5.74, 6) is 3.08. The van der Waals surface area contributed by atoms with E-state index in [1.807, 2.05) is 0 Å². The van der Waals surface area contributed by atoms with Gasteiger partial charge < -0.3 is 19.4 Å². The van der Waals surface area contributed by atoms with E-state index < -0.39 is 0 Å². The number of ether oxygens (including phenoxy) is 1. The summed E-state index contributed by atoms with van der Waals surface area (Å²) >= 11 is 0. The summed E-state index contributed by atoms with van der Waals surface area (Å²) in [6.07, 6.45) is 14.7. The number of ketones is 1. The number of Topliss-reactive ketones (excluding diaryl/α,β-unsaturated/α-hetero) is 1. The molecule has 4 aliphatic carbocycles. The number of rotatable bonds is 6. The second-order valence-corrected chi connectivity index (χ2v) is 15.9. The van der Waals surface area contributed by atoms with E-state index in [9.17, 15) is 14.4 Å². The van der Waals surface area contributed by atoms with E-state index >= 15 is 0 Å². The van der Waals surface area contributed by atoms with Gasteiger partial charge in [-0.25, -0.2) is 4.79 Å². The third-order valence-corrected chi connectivity index (χ3v) is 13.8. The van der Waals surface area contributed by atoms with Crippen molar-refractivity contribution >= 4 is 28.3 Å². The van der Waals surface area contributed by atoms with Gasteiger partial charge in [-0.05, 0) is 129 Å². The van der Waals surface area contributed by atoms with Gasteiger partial charge in [0.2, 0.25) is 5.91 Å². The SMILES string of the molecule is C[C@]12CCC(=O)C[C@@H]1CC[C@@H]1[C@@H]2CC[C@]2(C)[C@@H](OCC(=O)NCCc3cc(=O)oc4c5c6c(cc34)CCCN6CCC5)CC[C@@H]12. The summed E-state index contributed by atoms with van der Waals surface area (Å²) in [6.45, 7) is 7.64. The van der Waals surface area contributed by atoms with Crippen molar-refractivity contribution in [1.82, 2.24) is 5.32 Å². The minimum absolute atomic E-state index is 0.0778. The van der Waals surface area contributed by atoms with Crippen LogP contribution in [0.2, 0.25) is 0 Å². The van der Waals surface area contributed by atoms with Gasteiger partial charge in [-0.15, -0.1) is 0 Å². The second kappa shape index (κ2) is 11.2. The Morgan fingerprint density at radius 2 is 1.80 bits per heavy atom. The van der Waals surface area contributed by atoms with E-state index in [-0.39, 0.29) is 29.7 Å². The molecule has 0 radical (unpaired) electrons. The zero-order valence-corrected chi connectivity index (χ0v) is 27.3. The first-order valence-corrected chi connectivity index (χ1v) is 18.0. The lowest BCUT2D eigenvalue weighted by atomic mass is 9.45. The predicted molar refractivity (Wildman–Crippen MR) is 175 cm³/mol. The monoisotopic (exact) mass is 614 g/mol. The predicted octanol–water partition coefficient (Wildman–Crippen LogP) is 6.15. The number of fused-ring (bicyclic) bond motifs is 7. The van der Waals surface area contributed by atoms with Gasteiger partial charge >= 0.3 is 5.63 Å². The van der Waals surface area contributed by atoms with E-state index in [1.165, 1.54) is 42.5 Å². The Morgan fingerprint density at radius 1 is 0.978 bits per heavy atom. The molecule has 242 valence electrons. The number of nitrogens with zero attached hydrogens (tertiary/aromatic N) is 1. The lowest BCUT2D eigenvalue weighted by Crippen LogP contribution is -2.54. The highest BCUT2D eigenvalue weighted by Gasteiger charge is 2.60. The molecule has 7 heteroatoms.